The van der Waals surface area contributed by atoms with E-state index >= 15 is 0 Å². The quantitative estimate of drug-likeness (QED) is 0.291. The smallest absolute Gasteiger partial charge is 0.243 e. The third-order valence-corrected chi connectivity index (χ3v) is 9.51. The lowest BCUT2D eigenvalue weighted by Crippen LogP contribution is -2.48. The fourth-order valence-corrected chi connectivity index (χ4v) is 6.93. The topological polar surface area (TPSA) is 85.4 Å². The molecule has 0 N–H and O–H groups in total. The molecule has 1 atom stereocenters. The van der Waals surface area contributed by atoms with Gasteiger partial charge in [-0.3, -0.25) is 4.79 Å². The molecule has 1 aromatic heterocycles. The highest BCUT2D eigenvalue weighted by molar-refractivity contribution is 7.89. The van der Waals surface area contributed by atoms with E-state index in [1.165, 1.54) is 33.4 Å². The van der Waals surface area contributed by atoms with E-state index in [4.69, 9.17) is 25.8 Å². The van der Waals surface area contributed by atoms with Gasteiger partial charge in [-0.05, 0) is 66.2 Å². The third-order valence-electron chi connectivity index (χ3n) is 6.40. The average molecular weight is 579 g/mol. The second-order valence-electron chi connectivity index (χ2n) is 8.75. The summed E-state index contributed by atoms with van der Waals surface area (Å²) in [5.74, 6) is 0.895. The van der Waals surface area contributed by atoms with Gasteiger partial charge in [0.15, 0.2) is 11.5 Å². The molecule has 2 aromatic carbocycles. The Morgan fingerprint density at radius 3 is 2.55 bits per heavy atom. The Morgan fingerprint density at radius 2 is 1.84 bits per heavy atom. The number of benzene rings is 2. The molecular formula is C27H31ClN2O6S2. The lowest BCUT2D eigenvalue weighted by molar-refractivity contribution is -0.135. The molecule has 4 rings (SSSR count). The number of ether oxygens (including phenoxy) is 3. The number of carbonyl (C=O) groups is 1. The lowest BCUT2D eigenvalue weighted by atomic mass is 10.0. The van der Waals surface area contributed by atoms with Gasteiger partial charge in [0.25, 0.3) is 0 Å². The van der Waals surface area contributed by atoms with Crippen LogP contribution < -0.4 is 9.47 Å². The number of methoxy groups -OCH3 is 2. The van der Waals surface area contributed by atoms with Crippen LogP contribution in [0.3, 0.4) is 0 Å². The van der Waals surface area contributed by atoms with Crippen molar-refractivity contribution in [2.24, 2.45) is 0 Å². The number of halogens is 1. The molecule has 1 amide bonds. The van der Waals surface area contributed by atoms with Crippen LogP contribution >= 0.6 is 22.9 Å². The van der Waals surface area contributed by atoms with Crippen LogP contribution in [0.1, 0.15) is 22.9 Å². The first-order valence-electron chi connectivity index (χ1n) is 12.2. The number of thiophene rings is 1. The van der Waals surface area contributed by atoms with Crippen molar-refractivity contribution in [3.05, 3.63) is 75.4 Å². The van der Waals surface area contributed by atoms with Gasteiger partial charge in [-0.2, -0.15) is 4.31 Å². The first kappa shape index (κ1) is 28.4. The van der Waals surface area contributed by atoms with Gasteiger partial charge >= 0.3 is 0 Å². The number of para-hydroxylation sites is 2. The van der Waals surface area contributed by atoms with Crippen molar-refractivity contribution in [3.8, 4) is 11.5 Å². The highest BCUT2D eigenvalue weighted by atomic mass is 35.5. The molecule has 8 nitrogen and oxygen atoms in total. The Labute approximate surface area is 232 Å². The fourth-order valence-electron chi connectivity index (χ4n) is 4.45. The summed E-state index contributed by atoms with van der Waals surface area (Å²) in [4.78, 5) is 16.8. The molecule has 0 radical (unpaired) electrons. The molecule has 0 saturated carbocycles. The SMILES string of the molecule is COCCCN(CC(=O)N1CCc2sccc2C1COc1ccccc1OC)S(=O)(=O)c1ccc(Cl)cc1. The number of hydrogen-bond donors (Lipinski definition) is 0. The number of amides is 1. The summed E-state index contributed by atoms with van der Waals surface area (Å²) >= 11 is 7.62. The van der Waals surface area contributed by atoms with Crippen LogP contribution in [0.15, 0.2) is 64.9 Å². The van der Waals surface area contributed by atoms with Crippen LogP contribution in [0.25, 0.3) is 0 Å². The average Bonchev–Trinajstić information content (AvgIpc) is 3.41. The highest BCUT2D eigenvalue weighted by Crippen LogP contribution is 2.35. The van der Waals surface area contributed by atoms with Crippen molar-refractivity contribution in [2.45, 2.75) is 23.8 Å². The van der Waals surface area contributed by atoms with E-state index in [1.807, 2.05) is 35.7 Å². The zero-order chi connectivity index (χ0) is 27.1. The minimum absolute atomic E-state index is 0.0851. The van der Waals surface area contributed by atoms with Gasteiger partial charge in [-0.1, -0.05) is 23.7 Å². The molecule has 2 heterocycles. The first-order chi connectivity index (χ1) is 18.3. The maximum Gasteiger partial charge on any atom is 0.243 e. The zero-order valence-corrected chi connectivity index (χ0v) is 23.7. The van der Waals surface area contributed by atoms with Gasteiger partial charge in [-0.15, -0.1) is 11.3 Å². The van der Waals surface area contributed by atoms with Gasteiger partial charge in [0, 0.05) is 36.7 Å². The summed E-state index contributed by atoms with van der Waals surface area (Å²) in [5, 5.41) is 2.44. The molecule has 3 aromatic rings. The number of hydrogen-bond acceptors (Lipinski definition) is 7. The van der Waals surface area contributed by atoms with Crippen molar-refractivity contribution < 1.29 is 27.4 Å². The normalized spacial score (nSPS) is 15.4. The molecule has 0 bridgehead atoms. The van der Waals surface area contributed by atoms with Crippen LogP contribution in [-0.2, 0) is 26.0 Å². The second-order valence-corrected chi connectivity index (χ2v) is 12.1. The van der Waals surface area contributed by atoms with E-state index in [0.29, 0.717) is 42.5 Å². The molecule has 38 heavy (non-hydrogen) atoms. The van der Waals surface area contributed by atoms with Crippen molar-refractivity contribution >= 4 is 38.9 Å². The standard InChI is InChI=1S/C27H31ClN2O6S2/c1-34-16-5-14-29(38(32,33)21-10-8-20(28)9-11-21)18-27(31)30-15-12-26-22(13-17-37-26)23(30)19-36-25-7-4-3-6-24(25)35-2/h3-4,6-11,13,17,23H,5,12,14-16,18-19H2,1-2H3. The van der Waals surface area contributed by atoms with Gasteiger partial charge in [-0.25, -0.2) is 8.42 Å². The molecule has 0 spiro atoms. The van der Waals surface area contributed by atoms with Crippen molar-refractivity contribution in [3.63, 3.8) is 0 Å². The number of fused-ring (bicyclic) bond motifs is 1. The minimum atomic E-state index is -3.94. The van der Waals surface area contributed by atoms with E-state index < -0.39 is 10.0 Å². The Hall–Kier alpha value is -2.63. The van der Waals surface area contributed by atoms with Crippen molar-refractivity contribution in [2.75, 3.05) is 47.1 Å². The van der Waals surface area contributed by atoms with Crippen LogP contribution in [-0.4, -0.2) is 70.6 Å². The van der Waals surface area contributed by atoms with Gasteiger partial charge in [0.05, 0.1) is 24.6 Å². The Kier molecular flexibility index (Phi) is 9.67. The third kappa shape index (κ3) is 6.50. The number of carbonyl (C=O) groups excluding carboxylic acids is 1. The summed E-state index contributed by atoms with van der Waals surface area (Å²) in [6.07, 6.45) is 1.16. The predicted molar refractivity (Wildman–Crippen MR) is 148 cm³/mol. The zero-order valence-electron chi connectivity index (χ0n) is 21.3. The molecule has 0 saturated heterocycles. The van der Waals surface area contributed by atoms with Crippen molar-refractivity contribution in [1.29, 1.82) is 0 Å². The Morgan fingerprint density at radius 1 is 1.11 bits per heavy atom. The van der Waals surface area contributed by atoms with Gasteiger partial charge < -0.3 is 19.1 Å². The minimum Gasteiger partial charge on any atom is -0.493 e. The van der Waals surface area contributed by atoms with Crippen LogP contribution in [0.5, 0.6) is 11.5 Å². The lowest BCUT2D eigenvalue weighted by Gasteiger charge is -2.37. The van der Waals surface area contributed by atoms with E-state index in [-0.39, 0.29) is 36.5 Å². The largest absolute Gasteiger partial charge is 0.493 e. The maximum atomic E-state index is 13.7. The first-order valence-corrected chi connectivity index (χ1v) is 14.9. The molecule has 1 aliphatic heterocycles. The molecule has 0 fully saturated rings. The van der Waals surface area contributed by atoms with Crippen molar-refractivity contribution in [1.82, 2.24) is 9.21 Å². The fraction of sp³-hybridized carbons (Fsp3) is 0.370. The summed E-state index contributed by atoms with van der Waals surface area (Å²) in [5.41, 5.74) is 1.02. The summed E-state index contributed by atoms with van der Waals surface area (Å²) in [6, 6.07) is 15.0. The van der Waals surface area contributed by atoms with E-state index in [1.54, 1.807) is 30.5 Å². The Balaban J connectivity index is 1.57. The summed E-state index contributed by atoms with van der Waals surface area (Å²) in [6.45, 7) is 0.907. The Bertz CT molecular complexity index is 1330. The molecule has 204 valence electrons. The number of nitrogens with zero attached hydrogens (tertiary/aromatic N) is 2. The number of sulfonamides is 1. The van der Waals surface area contributed by atoms with E-state index in [2.05, 4.69) is 0 Å². The van der Waals surface area contributed by atoms with Crippen LogP contribution in [0, 0.1) is 0 Å². The van der Waals surface area contributed by atoms with Gasteiger partial charge in [0.1, 0.15) is 6.61 Å². The molecule has 0 aliphatic carbocycles. The van der Waals surface area contributed by atoms with Crippen LogP contribution in [0.4, 0.5) is 0 Å². The van der Waals surface area contributed by atoms with Gasteiger partial charge in [0.2, 0.25) is 15.9 Å². The van der Waals surface area contributed by atoms with E-state index in [0.717, 1.165) is 5.56 Å². The highest BCUT2D eigenvalue weighted by Gasteiger charge is 2.35. The predicted octanol–water partition coefficient (Wildman–Crippen LogP) is 4.64. The molecule has 11 heteroatoms. The number of rotatable bonds is 12. The van der Waals surface area contributed by atoms with Crippen LogP contribution in [0.2, 0.25) is 5.02 Å². The maximum absolute atomic E-state index is 13.7. The monoisotopic (exact) mass is 578 g/mol. The summed E-state index contributed by atoms with van der Waals surface area (Å²) < 4.78 is 44.9. The molecule has 1 unspecified atom stereocenters. The summed E-state index contributed by atoms with van der Waals surface area (Å²) in [7, 11) is -0.802. The molecular weight excluding hydrogens is 548 g/mol. The van der Waals surface area contributed by atoms with E-state index in [9.17, 15) is 13.2 Å². The second kappa shape index (κ2) is 12.9. The molecule has 1 aliphatic rings.